The minimum Gasteiger partial charge on any atom is -0.481 e. The summed E-state index contributed by atoms with van der Waals surface area (Å²) in [5, 5.41) is 7.76. The van der Waals surface area contributed by atoms with E-state index in [0.29, 0.717) is 5.75 Å². The van der Waals surface area contributed by atoms with Gasteiger partial charge in [-0.2, -0.15) is 0 Å². The Kier molecular flexibility index (Phi) is 5.36. The fourth-order valence-electron chi connectivity index (χ4n) is 1.89. The molecule has 0 saturated heterocycles. The smallest absolute Gasteiger partial charge is 0.261 e. The molecule has 6 nitrogen and oxygen atoms in total. The van der Waals surface area contributed by atoms with Gasteiger partial charge in [0.05, 0.1) is 4.90 Å². The van der Waals surface area contributed by atoms with Gasteiger partial charge in [0.15, 0.2) is 6.10 Å². The summed E-state index contributed by atoms with van der Waals surface area (Å²) >= 11 is 0. The lowest BCUT2D eigenvalue weighted by Crippen LogP contribution is -2.35. The first-order chi connectivity index (χ1) is 10.9. The van der Waals surface area contributed by atoms with Gasteiger partial charge in [0, 0.05) is 6.54 Å². The van der Waals surface area contributed by atoms with Crippen LogP contribution >= 0.6 is 0 Å². The van der Waals surface area contributed by atoms with Crippen LogP contribution in [0.4, 0.5) is 0 Å². The molecular formula is C16H18N2O4S. The molecule has 0 spiro atoms. The Morgan fingerprint density at radius 2 is 1.74 bits per heavy atom. The summed E-state index contributed by atoms with van der Waals surface area (Å²) in [6.07, 6.45) is -0.638. The summed E-state index contributed by atoms with van der Waals surface area (Å²) in [6.45, 7) is 1.93. The molecular weight excluding hydrogens is 316 g/mol. The maximum atomic E-state index is 12.0. The maximum absolute atomic E-state index is 12.0. The van der Waals surface area contributed by atoms with E-state index in [1.165, 1.54) is 12.1 Å². The lowest BCUT2D eigenvalue weighted by molar-refractivity contribution is -0.127. The van der Waals surface area contributed by atoms with E-state index in [9.17, 15) is 13.2 Å². The summed E-state index contributed by atoms with van der Waals surface area (Å²) in [5.74, 6) is 0.358. The van der Waals surface area contributed by atoms with E-state index < -0.39 is 16.1 Å². The molecule has 0 saturated carbocycles. The SMILES string of the molecule is C[C@@H](Oc1ccccc1)C(=O)NCc1ccc(S(N)(=O)=O)cc1. The zero-order valence-electron chi connectivity index (χ0n) is 12.6. The van der Waals surface area contributed by atoms with Crippen molar-refractivity contribution < 1.29 is 17.9 Å². The highest BCUT2D eigenvalue weighted by Crippen LogP contribution is 2.11. The van der Waals surface area contributed by atoms with E-state index in [4.69, 9.17) is 9.88 Å². The molecule has 2 rings (SSSR count). The lowest BCUT2D eigenvalue weighted by Gasteiger charge is -2.14. The number of rotatable bonds is 6. The average Bonchev–Trinajstić information content (AvgIpc) is 2.53. The third kappa shape index (κ3) is 5.08. The number of hydrogen-bond acceptors (Lipinski definition) is 4. The molecule has 0 aliphatic carbocycles. The van der Waals surface area contributed by atoms with Crippen molar-refractivity contribution in [3.05, 3.63) is 60.2 Å². The van der Waals surface area contributed by atoms with Gasteiger partial charge in [0.1, 0.15) is 5.75 Å². The number of amides is 1. The molecule has 0 aliphatic heterocycles. The van der Waals surface area contributed by atoms with Crippen LogP contribution in [0.2, 0.25) is 0 Å². The Balaban J connectivity index is 1.89. The van der Waals surface area contributed by atoms with Crippen molar-refractivity contribution in [2.75, 3.05) is 0 Å². The third-order valence-electron chi connectivity index (χ3n) is 3.14. The highest BCUT2D eigenvalue weighted by Gasteiger charge is 2.14. The first-order valence-corrected chi connectivity index (χ1v) is 8.52. The fraction of sp³-hybridized carbons (Fsp3) is 0.188. The van der Waals surface area contributed by atoms with Crippen molar-refractivity contribution in [3.63, 3.8) is 0 Å². The Morgan fingerprint density at radius 1 is 1.13 bits per heavy atom. The summed E-state index contributed by atoms with van der Waals surface area (Å²) in [7, 11) is -3.71. The second kappa shape index (κ2) is 7.26. The summed E-state index contributed by atoms with van der Waals surface area (Å²) in [5.41, 5.74) is 0.762. The van der Waals surface area contributed by atoms with Crippen LogP contribution in [0.1, 0.15) is 12.5 Å². The molecule has 0 radical (unpaired) electrons. The predicted molar refractivity (Wildman–Crippen MR) is 86.2 cm³/mol. The Bertz CT molecular complexity index is 758. The molecule has 122 valence electrons. The number of sulfonamides is 1. The van der Waals surface area contributed by atoms with Gasteiger partial charge in [0.2, 0.25) is 10.0 Å². The number of nitrogens with two attached hydrogens (primary N) is 1. The zero-order chi connectivity index (χ0) is 16.9. The van der Waals surface area contributed by atoms with Crippen LogP contribution < -0.4 is 15.2 Å². The van der Waals surface area contributed by atoms with Gasteiger partial charge in [-0.25, -0.2) is 13.6 Å². The van der Waals surface area contributed by atoms with E-state index in [1.807, 2.05) is 18.2 Å². The Hall–Kier alpha value is -2.38. The molecule has 0 unspecified atom stereocenters. The highest BCUT2D eigenvalue weighted by molar-refractivity contribution is 7.89. The van der Waals surface area contributed by atoms with E-state index in [0.717, 1.165) is 5.56 Å². The number of carbonyl (C=O) groups excluding carboxylic acids is 1. The number of nitrogens with one attached hydrogen (secondary N) is 1. The number of ether oxygens (including phenoxy) is 1. The van der Waals surface area contributed by atoms with Crippen LogP contribution in [0.25, 0.3) is 0 Å². The van der Waals surface area contributed by atoms with Crippen LogP contribution in [-0.4, -0.2) is 20.4 Å². The number of carbonyl (C=O) groups is 1. The highest BCUT2D eigenvalue weighted by atomic mass is 32.2. The minimum absolute atomic E-state index is 0.0355. The summed E-state index contributed by atoms with van der Waals surface area (Å²) in [6, 6.07) is 15.1. The van der Waals surface area contributed by atoms with E-state index in [1.54, 1.807) is 31.2 Å². The van der Waals surface area contributed by atoms with Crippen molar-refractivity contribution in [2.45, 2.75) is 24.5 Å². The predicted octanol–water partition coefficient (Wildman–Crippen LogP) is 1.42. The van der Waals surface area contributed by atoms with E-state index in [-0.39, 0.29) is 17.3 Å². The standard InChI is InChI=1S/C16H18N2O4S/c1-12(22-14-5-3-2-4-6-14)16(19)18-11-13-7-9-15(10-8-13)23(17,20)21/h2-10,12H,11H2,1H3,(H,18,19)(H2,17,20,21)/t12-/m1/s1. The Morgan fingerprint density at radius 3 is 2.30 bits per heavy atom. The van der Waals surface area contributed by atoms with E-state index in [2.05, 4.69) is 5.32 Å². The van der Waals surface area contributed by atoms with Crippen LogP contribution in [-0.2, 0) is 21.4 Å². The first kappa shape index (κ1) is 17.0. The third-order valence-corrected chi connectivity index (χ3v) is 4.07. The quantitative estimate of drug-likeness (QED) is 0.834. The number of primary sulfonamides is 1. The molecule has 7 heteroatoms. The van der Waals surface area contributed by atoms with Crippen LogP contribution in [0.3, 0.4) is 0 Å². The number of benzene rings is 2. The molecule has 23 heavy (non-hydrogen) atoms. The van der Waals surface area contributed by atoms with Gasteiger partial charge in [-0.1, -0.05) is 30.3 Å². The van der Waals surface area contributed by atoms with Gasteiger partial charge in [0.25, 0.3) is 5.91 Å². The van der Waals surface area contributed by atoms with Crippen molar-refractivity contribution in [2.24, 2.45) is 5.14 Å². The van der Waals surface area contributed by atoms with Gasteiger partial charge in [-0.15, -0.1) is 0 Å². The van der Waals surface area contributed by atoms with Crippen molar-refractivity contribution in [1.29, 1.82) is 0 Å². The molecule has 0 aliphatic rings. The maximum Gasteiger partial charge on any atom is 0.261 e. The molecule has 1 amide bonds. The van der Waals surface area contributed by atoms with Gasteiger partial charge >= 0.3 is 0 Å². The first-order valence-electron chi connectivity index (χ1n) is 6.97. The van der Waals surface area contributed by atoms with Crippen LogP contribution in [0, 0.1) is 0 Å². The van der Waals surface area contributed by atoms with E-state index >= 15 is 0 Å². The lowest BCUT2D eigenvalue weighted by atomic mass is 10.2. The second-order valence-corrected chi connectivity index (χ2v) is 6.54. The number of para-hydroxylation sites is 1. The summed E-state index contributed by atoms with van der Waals surface area (Å²) < 4.78 is 27.8. The van der Waals surface area contributed by atoms with Gasteiger partial charge < -0.3 is 10.1 Å². The van der Waals surface area contributed by atoms with Crippen molar-refractivity contribution in [1.82, 2.24) is 5.32 Å². The summed E-state index contributed by atoms with van der Waals surface area (Å²) in [4.78, 5) is 12.0. The second-order valence-electron chi connectivity index (χ2n) is 4.98. The number of hydrogen-bond donors (Lipinski definition) is 2. The van der Waals surface area contributed by atoms with Crippen LogP contribution in [0.15, 0.2) is 59.5 Å². The topological polar surface area (TPSA) is 98.5 Å². The molecule has 1 atom stereocenters. The average molecular weight is 334 g/mol. The van der Waals surface area contributed by atoms with Crippen LogP contribution in [0.5, 0.6) is 5.75 Å². The largest absolute Gasteiger partial charge is 0.481 e. The minimum atomic E-state index is -3.71. The molecule has 2 aromatic rings. The van der Waals surface area contributed by atoms with Crippen molar-refractivity contribution in [3.8, 4) is 5.75 Å². The molecule has 0 bridgehead atoms. The molecule has 0 aromatic heterocycles. The van der Waals surface area contributed by atoms with Crippen molar-refractivity contribution >= 4 is 15.9 Å². The Labute approximate surface area is 135 Å². The normalized spacial score (nSPS) is 12.4. The van der Waals surface area contributed by atoms with Gasteiger partial charge in [-0.3, -0.25) is 4.79 Å². The fourth-order valence-corrected chi connectivity index (χ4v) is 2.40. The molecule has 2 aromatic carbocycles. The molecule has 3 N–H and O–H groups in total. The monoisotopic (exact) mass is 334 g/mol. The van der Waals surface area contributed by atoms with Gasteiger partial charge in [-0.05, 0) is 36.8 Å². The molecule has 0 fully saturated rings. The molecule has 0 heterocycles. The zero-order valence-corrected chi connectivity index (χ0v) is 13.4.